The molecule has 0 spiro atoms. The first kappa shape index (κ1) is 18.6. The van der Waals surface area contributed by atoms with Crippen molar-refractivity contribution in [1.82, 2.24) is 21.0 Å². The first-order valence-corrected chi connectivity index (χ1v) is 9.04. The van der Waals surface area contributed by atoms with E-state index in [1.54, 1.807) is 12.1 Å². The second-order valence-corrected chi connectivity index (χ2v) is 8.68. The molecule has 2 amide bonds. The molecule has 0 unspecified atom stereocenters. The summed E-state index contributed by atoms with van der Waals surface area (Å²) in [5.41, 5.74) is 4.61. The number of hydrazine groups is 1. The Balaban J connectivity index is 1.70. The Morgan fingerprint density at radius 1 is 1.29 bits per heavy atom. The van der Waals surface area contributed by atoms with Crippen LogP contribution in [0.1, 0.15) is 55.0 Å². The van der Waals surface area contributed by atoms with Crippen molar-refractivity contribution in [2.45, 2.75) is 45.4 Å². The zero-order valence-electron chi connectivity index (χ0n) is 13.7. The van der Waals surface area contributed by atoms with Crippen LogP contribution in [0.4, 0.5) is 0 Å². The normalized spacial score (nSPS) is 11.3. The van der Waals surface area contributed by atoms with Crippen LogP contribution in [-0.2, 0) is 16.6 Å². The molecule has 0 aliphatic rings. The van der Waals surface area contributed by atoms with E-state index in [0.717, 1.165) is 3.79 Å². The fourth-order valence-electron chi connectivity index (χ4n) is 1.75. The van der Waals surface area contributed by atoms with Crippen LogP contribution in [0.5, 0.6) is 0 Å². The predicted molar refractivity (Wildman–Crippen MR) is 93.6 cm³/mol. The second-order valence-electron chi connectivity index (χ2n) is 6.22. The topological polar surface area (TPSA) is 97.1 Å². The van der Waals surface area contributed by atoms with Crippen molar-refractivity contribution in [3.63, 3.8) is 0 Å². The van der Waals surface area contributed by atoms with E-state index < -0.39 is 0 Å². The number of halogens is 1. The van der Waals surface area contributed by atoms with Crippen molar-refractivity contribution in [2.24, 2.45) is 0 Å². The number of carbonyl (C=O) groups is 2. The van der Waals surface area contributed by atoms with E-state index >= 15 is 0 Å². The molecular formula is C15H19BrN4O3S. The summed E-state index contributed by atoms with van der Waals surface area (Å²) in [7, 11) is 0. The highest BCUT2D eigenvalue weighted by Crippen LogP contribution is 2.21. The molecule has 130 valence electrons. The summed E-state index contributed by atoms with van der Waals surface area (Å²) in [5.74, 6) is 0.553. The van der Waals surface area contributed by atoms with E-state index in [4.69, 9.17) is 4.52 Å². The van der Waals surface area contributed by atoms with Crippen LogP contribution >= 0.6 is 27.3 Å². The molecule has 0 aliphatic heterocycles. The third-order valence-electron chi connectivity index (χ3n) is 3.05. The molecule has 0 fully saturated rings. The molecule has 2 aromatic rings. The zero-order valence-corrected chi connectivity index (χ0v) is 16.1. The molecule has 0 aromatic carbocycles. The van der Waals surface area contributed by atoms with E-state index in [9.17, 15) is 9.59 Å². The second kappa shape index (κ2) is 7.89. The van der Waals surface area contributed by atoms with Gasteiger partial charge in [0, 0.05) is 18.3 Å². The zero-order chi connectivity index (χ0) is 17.7. The predicted octanol–water partition coefficient (Wildman–Crippen LogP) is 2.98. The van der Waals surface area contributed by atoms with Crippen molar-refractivity contribution in [3.8, 4) is 0 Å². The summed E-state index contributed by atoms with van der Waals surface area (Å²) in [6.45, 7) is 6.01. The van der Waals surface area contributed by atoms with Gasteiger partial charge in [-0.15, -0.1) is 11.3 Å². The molecule has 0 radical (unpaired) electrons. The average Bonchev–Trinajstić information content (AvgIpc) is 3.13. The van der Waals surface area contributed by atoms with Crippen molar-refractivity contribution < 1.29 is 14.1 Å². The Morgan fingerprint density at radius 2 is 2.04 bits per heavy atom. The van der Waals surface area contributed by atoms with Gasteiger partial charge in [0.2, 0.25) is 11.8 Å². The Kier molecular flexibility index (Phi) is 6.11. The van der Waals surface area contributed by atoms with E-state index in [1.807, 2.05) is 20.8 Å². The lowest BCUT2D eigenvalue weighted by atomic mass is 9.96. The van der Waals surface area contributed by atoms with Gasteiger partial charge in [-0.2, -0.15) is 4.98 Å². The molecule has 2 N–H and O–H groups in total. The number of nitrogens with zero attached hydrogens (tertiary/aromatic N) is 2. The number of amides is 2. The third kappa shape index (κ3) is 5.41. The molecule has 2 aromatic heterocycles. The fraction of sp³-hybridized carbons (Fsp3) is 0.467. The summed E-state index contributed by atoms with van der Waals surface area (Å²) in [5, 5.41) is 3.93. The van der Waals surface area contributed by atoms with Gasteiger partial charge in [0.05, 0.1) is 8.66 Å². The fourth-order valence-corrected chi connectivity index (χ4v) is 3.03. The number of hydrogen-bond donors (Lipinski definition) is 2. The number of rotatable bonds is 5. The molecule has 0 saturated heterocycles. The molecule has 0 atom stereocenters. The standard InChI is InChI=1S/C15H19BrN4O3S/c1-15(2,3)14-17-12(23-20-14)6-4-5-11(21)18-19-13(22)9-7-8-10(16)24-9/h7-8H,4-6H2,1-3H3,(H,18,21)(H,19,22). The molecule has 2 rings (SSSR count). The maximum atomic E-state index is 11.8. The first-order chi connectivity index (χ1) is 11.3. The number of hydrogen-bond acceptors (Lipinski definition) is 6. The summed E-state index contributed by atoms with van der Waals surface area (Å²) < 4.78 is 6.02. The summed E-state index contributed by atoms with van der Waals surface area (Å²) in [6.07, 6.45) is 1.32. The van der Waals surface area contributed by atoms with E-state index in [1.165, 1.54) is 11.3 Å². The maximum Gasteiger partial charge on any atom is 0.279 e. The quantitative estimate of drug-likeness (QED) is 0.732. The summed E-state index contributed by atoms with van der Waals surface area (Å²) in [4.78, 5) is 28.4. The summed E-state index contributed by atoms with van der Waals surface area (Å²) in [6, 6.07) is 3.45. The minimum atomic E-state index is -0.342. The van der Waals surface area contributed by atoms with Crippen molar-refractivity contribution >= 4 is 39.1 Å². The van der Waals surface area contributed by atoms with E-state index in [2.05, 4.69) is 36.9 Å². The average molecular weight is 415 g/mol. The monoisotopic (exact) mass is 414 g/mol. The van der Waals surface area contributed by atoms with Crippen LogP contribution in [0.25, 0.3) is 0 Å². The van der Waals surface area contributed by atoms with Crippen molar-refractivity contribution in [2.75, 3.05) is 0 Å². The highest BCUT2D eigenvalue weighted by molar-refractivity contribution is 9.11. The largest absolute Gasteiger partial charge is 0.339 e. The molecule has 0 saturated carbocycles. The Bertz CT molecular complexity index is 720. The molecule has 2 heterocycles. The number of aryl methyl sites for hydroxylation is 1. The number of thiophene rings is 1. The number of carbonyl (C=O) groups excluding carboxylic acids is 2. The van der Waals surface area contributed by atoms with Crippen molar-refractivity contribution in [1.29, 1.82) is 0 Å². The van der Waals surface area contributed by atoms with Gasteiger partial charge in [-0.25, -0.2) is 0 Å². The van der Waals surface area contributed by atoms with Crippen LogP contribution < -0.4 is 10.9 Å². The Labute approximate surface area is 152 Å². The molecular weight excluding hydrogens is 396 g/mol. The lowest BCUT2D eigenvalue weighted by Gasteiger charge is -2.10. The van der Waals surface area contributed by atoms with Gasteiger partial charge in [-0.05, 0) is 34.5 Å². The van der Waals surface area contributed by atoms with E-state index in [-0.39, 0.29) is 23.7 Å². The Morgan fingerprint density at radius 3 is 2.62 bits per heavy atom. The lowest BCUT2D eigenvalue weighted by molar-refractivity contribution is -0.121. The van der Waals surface area contributed by atoms with Crippen LogP contribution in [0, 0.1) is 0 Å². The molecule has 0 bridgehead atoms. The van der Waals surface area contributed by atoms with Gasteiger partial charge in [0.15, 0.2) is 5.82 Å². The highest BCUT2D eigenvalue weighted by Gasteiger charge is 2.20. The Hall–Kier alpha value is -1.74. The first-order valence-electron chi connectivity index (χ1n) is 7.43. The smallest absolute Gasteiger partial charge is 0.279 e. The van der Waals surface area contributed by atoms with Gasteiger partial charge in [0.1, 0.15) is 0 Å². The molecule has 0 aliphatic carbocycles. The SMILES string of the molecule is CC(C)(C)c1noc(CCCC(=O)NNC(=O)c2ccc(Br)s2)n1. The summed E-state index contributed by atoms with van der Waals surface area (Å²) >= 11 is 4.57. The van der Waals surface area contributed by atoms with Gasteiger partial charge in [-0.3, -0.25) is 20.4 Å². The highest BCUT2D eigenvalue weighted by atomic mass is 79.9. The van der Waals surface area contributed by atoms with Gasteiger partial charge >= 0.3 is 0 Å². The lowest BCUT2D eigenvalue weighted by Crippen LogP contribution is -2.41. The minimum absolute atomic E-state index is 0.166. The molecule has 7 nitrogen and oxygen atoms in total. The van der Waals surface area contributed by atoms with Crippen LogP contribution in [-0.4, -0.2) is 22.0 Å². The van der Waals surface area contributed by atoms with Crippen molar-refractivity contribution in [3.05, 3.63) is 32.5 Å². The minimum Gasteiger partial charge on any atom is -0.339 e. The third-order valence-corrected chi connectivity index (χ3v) is 4.67. The molecule has 9 heteroatoms. The van der Waals surface area contributed by atoms with Crippen LogP contribution in [0.15, 0.2) is 20.4 Å². The number of aromatic nitrogens is 2. The molecule has 24 heavy (non-hydrogen) atoms. The van der Waals surface area contributed by atoms with Crippen LogP contribution in [0.2, 0.25) is 0 Å². The van der Waals surface area contributed by atoms with Crippen LogP contribution in [0.3, 0.4) is 0 Å². The maximum absolute atomic E-state index is 11.8. The number of nitrogens with one attached hydrogen (secondary N) is 2. The van der Waals surface area contributed by atoms with Gasteiger partial charge in [-0.1, -0.05) is 25.9 Å². The van der Waals surface area contributed by atoms with E-state index in [0.29, 0.717) is 29.4 Å². The van der Waals surface area contributed by atoms with Gasteiger partial charge < -0.3 is 4.52 Å². The van der Waals surface area contributed by atoms with Gasteiger partial charge in [0.25, 0.3) is 5.91 Å².